The third-order valence-corrected chi connectivity index (χ3v) is 3.56. The van der Waals surface area contributed by atoms with E-state index in [1.807, 2.05) is 36.1 Å². The molecule has 2 unspecified atom stereocenters. The molecule has 0 amide bonds. The van der Waals surface area contributed by atoms with E-state index in [1.54, 1.807) is 7.11 Å². The van der Waals surface area contributed by atoms with E-state index >= 15 is 0 Å². The topological polar surface area (TPSA) is 59.0 Å². The highest BCUT2D eigenvalue weighted by Crippen LogP contribution is 2.26. The third-order valence-electron chi connectivity index (χ3n) is 3.56. The van der Waals surface area contributed by atoms with Crippen LogP contribution in [0.2, 0.25) is 0 Å². The van der Waals surface area contributed by atoms with E-state index in [4.69, 9.17) is 9.47 Å². The van der Waals surface area contributed by atoms with Gasteiger partial charge in [0.1, 0.15) is 0 Å². The van der Waals surface area contributed by atoms with Gasteiger partial charge in [-0.25, -0.2) is 0 Å². The van der Waals surface area contributed by atoms with Gasteiger partial charge in [-0.05, 0) is 19.1 Å². The summed E-state index contributed by atoms with van der Waals surface area (Å²) in [4.78, 5) is 13.9. The van der Waals surface area contributed by atoms with Crippen LogP contribution in [0.5, 0.6) is 0 Å². The highest BCUT2D eigenvalue weighted by atomic mass is 16.5. The quantitative estimate of drug-likeness (QED) is 0.825. The van der Waals surface area contributed by atoms with Crippen molar-refractivity contribution in [3.05, 3.63) is 29.8 Å². The molecule has 2 rings (SSSR count). The van der Waals surface area contributed by atoms with Crippen LogP contribution < -0.4 is 4.90 Å². The predicted molar refractivity (Wildman–Crippen MR) is 80.9 cm³/mol. The van der Waals surface area contributed by atoms with Gasteiger partial charge < -0.3 is 19.5 Å². The number of ketones is 1. The van der Waals surface area contributed by atoms with E-state index in [0.29, 0.717) is 26.1 Å². The Morgan fingerprint density at radius 3 is 2.86 bits per heavy atom. The van der Waals surface area contributed by atoms with Crippen molar-refractivity contribution in [1.29, 1.82) is 0 Å². The maximum absolute atomic E-state index is 11.9. The minimum Gasteiger partial charge on any atom is -0.389 e. The van der Waals surface area contributed by atoms with Gasteiger partial charge >= 0.3 is 0 Å². The van der Waals surface area contributed by atoms with Crippen molar-refractivity contribution in [1.82, 2.24) is 0 Å². The highest BCUT2D eigenvalue weighted by molar-refractivity contribution is 6.03. The van der Waals surface area contributed by atoms with Gasteiger partial charge in [-0.1, -0.05) is 12.1 Å². The molecule has 0 saturated heterocycles. The number of carbonyl (C=O) groups is 1. The number of para-hydroxylation sites is 1. The number of Topliss-reactive ketones (excluding diaryl/α,β-unsaturated/α-hetero) is 1. The number of β-amino-alcohol motifs (C(OH)–C–C–N with tert-alkyl or cyclic N) is 1. The lowest BCUT2D eigenvalue weighted by molar-refractivity contribution is -0.0295. The lowest BCUT2D eigenvalue weighted by Gasteiger charge is -2.32. The molecule has 0 radical (unpaired) electrons. The second-order valence-electron chi connectivity index (χ2n) is 5.39. The van der Waals surface area contributed by atoms with Crippen molar-refractivity contribution in [3.63, 3.8) is 0 Å². The molecule has 1 aromatic rings. The molecule has 1 N–H and O–H groups in total. The maximum Gasteiger partial charge on any atom is 0.166 e. The van der Waals surface area contributed by atoms with Crippen molar-refractivity contribution in [2.24, 2.45) is 0 Å². The average Bonchev–Trinajstić information content (AvgIpc) is 2.49. The van der Waals surface area contributed by atoms with Gasteiger partial charge in [-0.3, -0.25) is 4.79 Å². The monoisotopic (exact) mass is 293 g/mol. The molecule has 0 fully saturated rings. The largest absolute Gasteiger partial charge is 0.389 e. The molecule has 5 nitrogen and oxygen atoms in total. The molecule has 0 spiro atoms. The number of ether oxygens (including phenoxy) is 2. The SMILES string of the molecule is COCC(C)OCC(O)CN1CCC(=O)c2ccccc21. The Kier molecular flexibility index (Phi) is 5.73. The first kappa shape index (κ1) is 15.9. The first-order valence-electron chi connectivity index (χ1n) is 7.27. The van der Waals surface area contributed by atoms with Gasteiger partial charge in [-0.15, -0.1) is 0 Å². The Labute approximate surface area is 125 Å². The number of nitrogens with zero attached hydrogens (tertiary/aromatic N) is 1. The van der Waals surface area contributed by atoms with E-state index < -0.39 is 6.10 Å². The predicted octanol–water partition coefficient (Wildman–Crippen LogP) is 1.49. The number of benzene rings is 1. The Bertz CT molecular complexity index is 477. The summed E-state index contributed by atoms with van der Waals surface area (Å²) in [5.41, 5.74) is 1.64. The second kappa shape index (κ2) is 7.54. The zero-order valence-corrected chi connectivity index (χ0v) is 12.6. The zero-order chi connectivity index (χ0) is 15.2. The summed E-state index contributed by atoms with van der Waals surface area (Å²) in [7, 11) is 1.62. The Morgan fingerprint density at radius 2 is 2.10 bits per heavy atom. The Balaban J connectivity index is 1.91. The normalized spacial score (nSPS) is 17.5. The van der Waals surface area contributed by atoms with Crippen LogP contribution in [0.3, 0.4) is 0 Å². The van der Waals surface area contributed by atoms with Crippen molar-refractivity contribution in [2.75, 3.05) is 38.3 Å². The van der Waals surface area contributed by atoms with Crippen LogP contribution >= 0.6 is 0 Å². The average molecular weight is 293 g/mol. The summed E-state index contributed by atoms with van der Waals surface area (Å²) >= 11 is 0. The standard InChI is InChI=1S/C16H23NO4/c1-12(10-20-2)21-11-13(18)9-17-8-7-16(19)14-5-3-4-6-15(14)17/h3-6,12-13,18H,7-11H2,1-2H3. The molecule has 1 aromatic carbocycles. The minimum atomic E-state index is -0.592. The van der Waals surface area contributed by atoms with Crippen molar-refractivity contribution in [2.45, 2.75) is 25.6 Å². The molecule has 0 bridgehead atoms. The van der Waals surface area contributed by atoms with Crippen molar-refractivity contribution >= 4 is 11.5 Å². The van der Waals surface area contributed by atoms with Crippen LogP contribution in [0.1, 0.15) is 23.7 Å². The zero-order valence-electron chi connectivity index (χ0n) is 12.6. The Hall–Kier alpha value is -1.43. The molecule has 2 atom stereocenters. The molecule has 0 aromatic heterocycles. The van der Waals surface area contributed by atoms with E-state index in [2.05, 4.69) is 0 Å². The molecule has 0 aliphatic carbocycles. The van der Waals surface area contributed by atoms with Gasteiger partial charge in [0.15, 0.2) is 5.78 Å². The van der Waals surface area contributed by atoms with Crippen LogP contribution in [-0.4, -0.2) is 56.5 Å². The number of methoxy groups -OCH3 is 1. The number of aliphatic hydroxyl groups excluding tert-OH is 1. The maximum atomic E-state index is 11.9. The molecule has 1 heterocycles. The number of carbonyl (C=O) groups excluding carboxylic acids is 1. The summed E-state index contributed by atoms with van der Waals surface area (Å²) in [6.07, 6.45) is -0.143. The van der Waals surface area contributed by atoms with Crippen LogP contribution in [0.15, 0.2) is 24.3 Å². The van der Waals surface area contributed by atoms with Gasteiger partial charge in [0, 0.05) is 37.9 Å². The molecule has 5 heteroatoms. The summed E-state index contributed by atoms with van der Waals surface area (Å²) in [6, 6.07) is 7.54. The van der Waals surface area contributed by atoms with Gasteiger partial charge in [0.25, 0.3) is 0 Å². The number of anilines is 1. The fourth-order valence-corrected chi connectivity index (χ4v) is 2.53. The van der Waals surface area contributed by atoms with Gasteiger partial charge in [-0.2, -0.15) is 0 Å². The van der Waals surface area contributed by atoms with Gasteiger partial charge in [0.2, 0.25) is 0 Å². The van der Waals surface area contributed by atoms with Crippen LogP contribution in [0.4, 0.5) is 5.69 Å². The van der Waals surface area contributed by atoms with Crippen LogP contribution in [-0.2, 0) is 9.47 Å². The minimum absolute atomic E-state index is 0.0418. The summed E-state index contributed by atoms with van der Waals surface area (Å²) in [6.45, 7) is 3.78. The van der Waals surface area contributed by atoms with E-state index in [0.717, 1.165) is 11.3 Å². The van der Waals surface area contributed by atoms with E-state index in [1.165, 1.54) is 0 Å². The molecular formula is C16H23NO4. The number of hydrogen-bond donors (Lipinski definition) is 1. The molecule has 1 aliphatic rings. The lowest BCUT2D eigenvalue weighted by Crippen LogP contribution is -2.40. The highest BCUT2D eigenvalue weighted by Gasteiger charge is 2.24. The summed E-state index contributed by atoms with van der Waals surface area (Å²) < 4.78 is 10.5. The first-order chi connectivity index (χ1) is 10.1. The number of hydrogen-bond acceptors (Lipinski definition) is 5. The lowest BCUT2D eigenvalue weighted by atomic mass is 10.00. The van der Waals surface area contributed by atoms with Crippen molar-refractivity contribution < 1.29 is 19.4 Å². The molecule has 0 saturated carbocycles. The third kappa shape index (κ3) is 4.27. The fraction of sp³-hybridized carbons (Fsp3) is 0.562. The van der Waals surface area contributed by atoms with E-state index in [9.17, 15) is 9.90 Å². The summed E-state index contributed by atoms with van der Waals surface area (Å²) in [5.74, 6) is 0.168. The van der Waals surface area contributed by atoms with Gasteiger partial charge in [0.05, 0.1) is 25.4 Å². The van der Waals surface area contributed by atoms with Crippen LogP contribution in [0.25, 0.3) is 0 Å². The second-order valence-corrected chi connectivity index (χ2v) is 5.39. The number of aliphatic hydroxyl groups is 1. The Morgan fingerprint density at radius 1 is 1.33 bits per heavy atom. The number of rotatable bonds is 7. The molecular weight excluding hydrogens is 270 g/mol. The number of fused-ring (bicyclic) bond motifs is 1. The molecule has 116 valence electrons. The first-order valence-corrected chi connectivity index (χ1v) is 7.27. The smallest absolute Gasteiger partial charge is 0.166 e. The molecule has 1 aliphatic heterocycles. The summed E-state index contributed by atoms with van der Waals surface area (Å²) in [5, 5.41) is 10.1. The fourth-order valence-electron chi connectivity index (χ4n) is 2.53. The van der Waals surface area contributed by atoms with Crippen LogP contribution in [0, 0.1) is 0 Å². The van der Waals surface area contributed by atoms with E-state index in [-0.39, 0.29) is 18.5 Å². The molecule has 21 heavy (non-hydrogen) atoms. The van der Waals surface area contributed by atoms with Crippen molar-refractivity contribution in [3.8, 4) is 0 Å².